The van der Waals surface area contributed by atoms with Crippen LogP contribution in [-0.2, 0) is 23.9 Å². The van der Waals surface area contributed by atoms with Crippen molar-refractivity contribution in [3.05, 3.63) is 65.2 Å². The van der Waals surface area contributed by atoms with Gasteiger partial charge in [-0.25, -0.2) is 4.90 Å². The van der Waals surface area contributed by atoms with Crippen LogP contribution in [0, 0.1) is 25.7 Å². The molecule has 0 unspecified atom stereocenters. The van der Waals surface area contributed by atoms with Crippen LogP contribution in [0.15, 0.2) is 48.5 Å². The molecule has 3 fully saturated rings. The lowest BCUT2D eigenvalue weighted by Crippen LogP contribution is -2.67. The summed E-state index contributed by atoms with van der Waals surface area (Å²) in [4.78, 5) is 57.0. The first-order chi connectivity index (χ1) is 16.3. The average Bonchev–Trinajstić information content (AvgIpc) is 3.26. The van der Waals surface area contributed by atoms with Crippen molar-refractivity contribution in [2.75, 3.05) is 25.1 Å². The Morgan fingerprint density at radius 3 is 2.24 bits per heavy atom. The van der Waals surface area contributed by atoms with E-state index in [4.69, 9.17) is 4.74 Å². The number of nitrogens with zero attached hydrogens (tertiary/aromatic N) is 2. The van der Waals surface area contributed by atoms with Gasteiger partial charge in [0.15, 0.2) is 0 Å². The standard InChI is InChI=1S/C26H27N3O5/c1-15-4-8-17(9-5-15)22-20-21(24(32)29(23(20)31)18-10-6-16(2)7-11-18)26(14-19(30)34-3)25(33)27-12-13-28(22)26/h4-11,20-22H,12-14H2,1-3H3,(H,27,33)/t20-,21-,22+,26+/m1/s1. The van der Waals surface area contributed by atoms with E-state index in [1.54, 1.807) is 12.1 Å². The molecule has 34 heavy (non-hydrogen) atoms. The third-order valence-electron chi connectivity index (χ3n) is 7.44. The number of ether oxygens (including phenoxy) is 1. The Balaban J connectivity index is 1.70. The summed E-state index contributed by atoms with van der Waals surface area (Å²) in [5, 5.41) is 2.84. The number of carbonyl (C=O) groups is 4. The second-order valence-corrected chi connectivity index (χ2v) is 9.33. The highest BCUT2D eigenvalue weighted by atomic mass is 16.5. The Hall–Kier alpha value is -3.52. The Morgan fingerprint density at radius 2 is 1.62 bits per heavy atom. The van der Waals surface area contributed by atoms with Crippen molar-refractivity contribution >= 4 is 29.4 Å². The Labute approximate surface area is 197 Å². The summed E-state index contributed by atoms with van der Waals surface area (Å²) in [6, 6.07) is 14.4. The van der Waals surface area contributed by atoms with Crippen LogP contribution in [0.1, 0.15) is 29.2 Å². The van der Waals surface area contributed by atoms with Crippen LogP contribution in [0.2, 0.25) is 0 Å². The van der Waals surface area contributed by atoms with Crippen molar-refractivity contribution in [3.63, 3.8) is 0 Å². The van der Waals surface area contributed by atoms with Crippen molar-refractivity contribution < 1.29 is 23.9 Å². The van der Waals surface area contributed by atoms with Gasteiger partial charge in [-0.05, 0) is 31.5 Å². The molecule has 3 aliphatic heterocycles. The molecule has 2 aromatic rings. The molecule has 0 bridgehead atoms. The zero-order valence-corrected chi connectivity index (χ0v) is 19.4. The number of rotatable bonds is 4. The molecule has 176 valence electrons. The predicted molar refractivity (Wildman–Crippen MR) is 124 cm³/mol. The van der Waals surface area contributed by atoms with Gasteiger partial charge in [0.2, 0.25) is 17.7 Å². The molecule has 0 aromatic heterocycles. The summed E-state index contributed by atoms with van der Waals surface area (Å²) >= 11 is 0. The fraction of sp³-hybridized carbons (Fsp3) is 0.385. The maximum Gasteiger partial charge on any atom is 0.307 e. The first kappa shape index (κ1) is 22.3. The predicted octanol–water partition coefficient (Wildman–Crippen LogP) is 1.90. The van der Waals surface area contributed by atoms with Crippen LogP contribution in [-0.4, -0.2) is 54.3 Å². The minimum Gasteiger partial charge on any atom is -0.469 e. The van der Waals surface area contributed by atoms with E-state index in [2.05, 4.69) is 5.32 Å². The van der Waals surface area contributed by atoms with Gasteiger partial charge in [0.05, 0.1) is 31.1 Å². The average molecular weight is 462 g/mol. The van der Waals surface area contributed by atoms with E-state index in [0.717, 1.165) is 16.7 Å². The minimum atomic E-state index is -1.50. The molecule has 4 atom stereocenters. The van der Waals surface area contributed by atoms with E-state index in [0.29, 0.717) is 18.8 Å². The smallest absolute Gasteiger partial charge is 0.307 e. The molecule has 2 aromatic carbocycles. The summed E-state index contributed by atoms with van der Waals surface area (Å²) in [5.74, 6) is -3.63. The number of esters is 1. The van der Waals surface area contributed by atoms with Crippen LogP contribution in [0.5, 0.6) is 0 Å². The molecule has 0 spiro atoms. The van der Waals surface area contributed by atoms with Crippen molar-refractivity contribution in [2.45, 2.75) is 31.8 Å². The van der Waals surface area contributed by atoms with Gasteiger partial charge in [-0.1, -0.05) is 47.5 Å². The number of fused-ring (bicyclic) bond motifs is 3. The second-order valence-electron chi connectivity index (χ2n) is 9.33. The van der Waals surface area contributed by atoms with Crippen molar-refractivity contribution in [3.8, 4) is 0 Å². The topological polar surface area (TPSA) is 96.0 Å². The van der Waals surface area contributed by atoms with Gasteiger partial charge in [-0.2, -0.15) is 0 Å². The molecule has 0 aliphatic carbocycles. The number of benzene rings is 2. The molecule has 3 aliphatic rings. The molecule has 5 rings (SSSR count). The second kappa shape index (κ2) is 8.06. The molecular weight excluding hydrogens is 434 g/mol. The maximum absolute atomic E-state index is 13.9. The van der Waals surface area contributed by atoms with Crippen LogP contribution in [0.3, 0.4) is 0 Å². The number of methoxy groups -OCH3 is 1. The summed E-state index contributed by atoms with van der Waals surface area (Å²) in [6.07, 6.45) is -0.306. The fourth-order valence-electron chi connectivity index (χ4n) is 5.87. The molecule has 0 radical (unpaired) electrons. The number of hydrogen-bond acceptors (Lipinski definition) is 6. The molecule has 3 saturated heterocycles. The fourth-order valence-corrected chi connectivity index (χ4v) is 5.87. The van der Waals surface area contributed by atoms with Gasteiger partial charge in [-0.3, -0.25) is 24.1 Å². The zero-order valence-electron chi connectivity index (χ0n) is 19.4. The van der Waals surface area contributed by atoms with Gasteiger partial charge in [0.1, 0.15) is 5.54 Å². The lowest BCUT2D eigenvalue weighted by molar-refractivity contribution is -0.154. The molecular formula is C26H27N3O5. The number of hydrogen-bond donors (Lipinski definition) is 1. The SMILES string of the molecule is COC(=O)C[C@]12C(=O)NCCN1[C@@H](c1ccc(C)cc1)[C@@H]1C(=O)N(c3ccc(C)cc3)C(=O)[C@@H]12. The van der Waals surface area contributed by atoms with Crippen LogP contribution < -0.4 is 10.2 Å². The van der Waals surface area contributed by atoms with E-state index in [9.17, 15) is 19.2 Å². The largest absolute Gasteiger partial charge is 0.469 e. The third-order valence-corrected chi connectivity index (χ3v) is 7.44. The van der Waals surface area contributed by atoms with Gasteiger partial charge in [-0.15, -0.1) is 0 Å². The minimum absolute atomic E-state index is 0.306. The van der Waals surface area contributed by atoms with Crippen LogP contribution in [0.25, 0.3) is 0 Å². The van der Waals surface area contributed by atoms with Crippen molar-refractivity contribution in [2.24, 2.45) is 11.8 Å². The number of anilines is 1. The van der Waals surface area contributed by atoms with E-state index in [-0.39, 0.29) is 12.3 Å². The summed E-state index contributed by atoms with van der Waals surface area (Å²) < 4.78 is 4.94. The normalized spacial score (nSPS) is 28.5. The van der Waals surface area contributed by atoms with Crippen molar-refractivity contribution in [1.29, 1.82) is 0 Å². The molecule has 1 N–H and O–H groups in total. The van der Waals surface area contributed by atoms with E-state index >= 15 is 0 Å². The monoisotopic (exact) mass is 461 g/mol. The number of nitrogens with one attached hydrogen (secondary N) is 1. The number of amides is 3. The Bertz CT molecular complexity index is 1180. The third kappa shape index (κ3) is 3.09. The Morgan fingerprint density at radius 1 is 1.00 bits per heavy atom. The van der Waals surface area contributed by atoms with E-state index in [1.165, 1.54) is 12.0 Å². The first-order valence-electron chi connectivity index (χ1n) is 11.4. The molecule has 8 nitrogen and oxygen atoms in total. The number of carbonyl (C=O) groups excluding carboxylic acids is 4. The molecule has 8 heteroatoms. The van der Waals surface area contributed by atoms with Gasteiger partial charge < -0.3 is 10.1 Å². The highest BCUT2D eigenvalue weighted by Crippen LogP contribution is 2.57. The lowest BCUT2D eigenvalue weighted by Gasteiger charge is -2.45. The molecule has 3 amide bonds. The molecule has 0 saturated carbocycles. The van der Waals surface area contributed by atoms with Crippen molar-refractivity contribution in [1.82, 2.24) is 10.2 Å². The number of aryl methyl sites for hydroxylation is 2. The van der Waals surface area contributed by atoms with E-state index < -0.39 is 41.2 Å². The summed E-state index contributed by atoms with van der Waals surface area (Å²) in [5.41, 5.74) is 1.87. The first-order valence-corrected chi connectivity index (χ1v) is 11.4. The van der Waals surface area contributed by atoms with Gasteiger partial charge in [0, 0.05) is 19.1 Å². The number of imide groups is 1. The summed E-state index contributed by atoms with van der Waals surface area (Å²) in [6.45, 7) is 4.68. The lowest BCUT2D eigenvalue weighted by atomic mass is 9.76. The molecule has 3 heterocycles. The van der Waals surface area contributed by atoms with Crippen LogP contribution >= 0.6 is 0 Å². The van der Waals surface area contributed by atoms with Crippen LogP contribution in [0.4, 0.5) is 5.69 Å². The van der Waals surface area contributed by atoms with Gasteiger partial charge >= 0.3 is 5.97 Å². The van der Waals surface area contributed by atoms with E-state index in [1.807, 2.05) is 55.1 Å². The highest BCUT2D eigenvalue weighted by Gasteiger charge is 2.73. The highest BCUT2D eigenvalue weighted by molar-refractivity contribution is 6.24. The van der Waals surface area contributed by atoms with Gasteiger partial charge in [0.25, 0.3) is 0 Å². The Kier molecular flexibility index (Phi) is 5.28. The number of piperazine rings is 1. The maximum atomic E-state index is 13.9. The summed E-state index contributed by atoms with van der Waals surface area (Å²) in [7, 11) is 1.26. The zero-order chi connectivity index (χ0) is 24.2. The quantitative estimate of drug-likeness (QED) is 0.552.